The van der Waals surface area contributed by atoms with E-state index in [9.17, 15) is 0 Å². The highest BCUT2D eigenvalue weighted by Crippen LogP contribution is 2.26. The van der Waals surface area contributed by atoms with E-state index in [2.05, 4.69) is 0 Å². The van der Waals surface area contributed by atoms with Gasteiger partial charge in [0.15, 0.2) is 0 Å². The van der Waals surface area contributed by atoms with E-state index in [1.807, 2.05) is 0 Å². The second-order valence-electron chi connectivity index (χ2n) is 1.32. The largest absolute Gasteiger partial charge is 0.392 e. The molecule has 0 aliphatic heterocycles. The number of rotatable bonds is 0. The Morgan fingerprint density at radius 1 is 1.80 bits per heavy atom. The van der Waals surface area contributed by atoms with Crippen LogP contribution in [0.1, 0.15) is 6.42 Å². The molecular formula is C3H5ClO. The van der Waals surface area contributed by atoms with Gasteiger partial charge in [-0.15, -0.1) is 11.6 Å². The number of aliphatic hydroxyl groups excluding tert-OH is 1. The van der Waals surface area contributed by atoms with Crippen LogP contribution in [0, 0.1) is 0 Å². The SMILES string of the molecule is O[C@@H]1C[C@H]1Cl. The summed E-state index contributed by atoms with van der Waals surface area (Å²) in [6, 6.07) is 0. The van der Waals surface area contributed by atoms with Gasteiger partial charge in [0, 0.05) is 0 Å². The van der Waals surface area contributed by atoms with E-state index in [-0.39, 0.29) is 11.5 Å². The van der Waals surface area contributed by atoms with Gasteiger partial charge in [-0.1, -0.05) is 0 Å². The predicted molar refractivity (Wildman–Crippen MR) is 20.3 cm³/mol. The summed E-state index contributed by atoms with van der Waals surface area (Å²) in [6.07, 6.45) is 0.610. The summed E-state index contributed by atoms with van der Waals surface area (Å²) in [7, 11) is 0. The molecule has 1 fully saturated rings. The fraction of sp³-hybridized carbons (Fsp3) is 1.00. The van der Waals surface area contributed by atoms with Crippen LogP contribution in [0.25, 0.3) is 0 Å². The van der Waals surface area contributed by atoms with Gasteiger partial charge >= 0.3 is 0 Å². The zero-order valence-electron chi connectivity index (χ0n) is 2.69. The normalized spacial score (nSPS) is 49.2. The van der Waals surface area contributed by atoms with Crippen LogP contribution in [-0.4, -0.2) is 16.6 Å². The van der Waals surface area contributed by atoms with Crippen molar-refractivity contribution in [1.82, 2.24) is 0 Å². The molecule has 1 N–H and O–H groups in total. The van der Waals surface area contributed by atoms with Crippen molar-refractivity contribution in [3.8, 4) is 0 Å². The third-order valence-corrected chi connectivity index (χ3v) is 1.15. The van der Waals surface area contributed by atoms with Crippen LogP contribution in [0.4, 0.5) is 0 Å². The maximum Gasteiger partial charge on any atom is 0.0719 e. The van der Waals surface area contributed by atoms with Gasteiger partial charge < -0.3 is 5.11 Å². The molecule has 0 unspecified atom stereocenters. The van der Waals surface area contributed by atoms with Crippen LogP contribution in [0.15, 0.2) is 0 Å². The van der Waals surface area contributed by atoms with E-state index in [0.29, 0.717) is 0 Å². The Morgan fingerprint density at radius 2 is 2.00 bits per heavy atom. The van der Waals surface area contributed by atoms with Crippen LogP contribution >= 0.6 is 11.6 Å². The Bertz CT molecular complexity index is 40.2. The fourth-order valence-electron chi connectivity index (χ4n) is 0.152. The molecule has 1 rings (SSSR count). The first-order valence-electron chi connectivity index (χ1n) is 1.63. The van der Waals surface area contributed by atoms with E-state index < -0.39 is 0 Å². The topological polar surface area (TPSA) is 20.2 Å². The number of alkyl halides is 1. The molecule has 2 atom stereocenters. The van der Waals surface area contributed by atoms with Crippen LogP contribution in [-0.2, 0) is 0 Å². The summed E-state index contributed by atoms with van der Waals surface area (Å²) < 4.78 is 0. The summed E-state index contributed by atoms with van der Waals surface area (Å²) in [5.74, 6) is 0. The van der Waals surface area contributed by atoms with Crippen molar-refractivity contribution in [2.75, 3.05) is 0 Å². The maximum atomic E-state index is 8.30. The molecule has 0 aromatic heterocycles. The second kappa shape index (κ2) is 0.854. The molecule has 0 aromatic carbocycles. The van der Waals surface area contributed by atoms with Crippen molar-refractivity contribution in [1.29, 1.82) is 0 Å². The predicted octanol–water partition coefficient (Wildman–Crippen LogP) is 0.358. The maximum absolute atomic E-state index is 8.30. The molecule has 0 spiro atoms. The van der Waals surface area contributed by atoms with Gasteiger partial charge in [0.1, 0.15) is 0 Å². The molecule has 0 heterocycles. The van der Waals surface area contributed by atoms with Gasteiger partial charge in [-0.05, 0) is 6.42 Å². The lowest BCUT2D eigenvalue weighted by Crippen LogP contribution is -1.77. The van der Waals surface area contributed by atoms with Crippen LogP contribution in [0.5, 0.6) is 0 Å². The third-order valence-electron chi connectivity index (χ3n) is 0.681. The zero-order chi connectivity index (χ0) is 3.86. The molecule has 1 nitrogen and oxygen atoms in total. The number of hydrogen-bond acceptors (Lipinski definition) is 1. The molecule has 0 radical (unpaired) electrons. The summed E-state index contributed by atoms with van der Waals surface area (Å²) in [5.41, 5.74) is 0. The first-order chi connectivity index (χ1) is 2.30. The minimum Gasteiger partial charge on any atom is -0.392 e. The van der Waals surface area contributed by atoms with E-state index in [4.69, 9.17) is 16.7 Å². The molecular weight excluding hydrogens is 87.5 g/mol. The molecule has 5 heavy (non-hydrogen) atoms. The van der Waals surface area contributed by atoms with E-state index in [0.717, 1.165) is 6.42 Å². The Kier molecular flexibility index (Phi) is 0.588. The molecule has 0 amide bonds. The van der Waals surface area contributed by atoms with E-state index >= 15 is 0 Å². The zero-order valence-corrected chi connectivity index (χ0v) is 3.44. The molecule has 0 saturated heterocycles. The van der Waals surface area contributed by atoms with E-state index in [1.165, 1.54) is 0 Å². The lowest BCUT2D eigenvalue weighted by molar-refractivity contribution is 0.280. The van der Waals surface area contributed by atoms with Crippen molar-refractivity contribution in [3.05, 3.63) is 0 Å². The smallest absolute Gasteiger partial charge is 0.0719 e. The van der Waals surface area contributed by atoms with Crippen LogP contribution < -0.4 is 0 Å². The highest BCUT2D eigenvalue weighted by molar-refractivity contribution is 6.22. The van der Waals surface area contributed by atoms with Crippen LogP contribution in [0.2, 0.25) is 0 Å². The average Bonchev–Trinajstić information content (AvgIpc) is 1.79. The lowest BCUT2D eigenvalue weighted by Gasteiger charge is -1.66. The Morgan fingerprint density at radius 3 is 2.00 bits per heavy atom. The van der Waals surface area contributed by atoms with Gasteiger partial charge in [0.2, 0.25) is 0 Å². The molecule has 0 bridgehead atoms. The molecule has 1 saturated carbocycles. The van der Waals surface area contributed by atoms with Gasteiger partial charge in [0.05, 0.1) is 11.5 Å². The lowest BCUT2D eigenvalue weighted by atomic mass is 10.9. The monoisotopic (exact) mass is 92.0 g/mol. The summed E-state index contributed by atoms with van der Waals surface area (Å²) in [6.45, 7) is 0. The second-order valence-corrected chi connectivity index (χ2v) is 1.88. The molecule has 2 heteroatoms. The van der Waals surface area contributed by atoms with Crippen LogP contribution in [0.3, 0.4) is 0 Å². The van der Waals surface area contributed by atoms with Crippen molar-refractivity contribution in [2.24, 2.45) is 0 Å². The first-order valence-corrected chi connectivity index (χ1v) is 2.06. The summed E-state index contributed by atoms with van der Waals surface area (Å²) in [4.78, 5) is 0. The first kappa shape index (κ1) is 3.44. The van der Waals surface area contributed by atoms with Crippen molar-refractivity contribution in [2.45, 2.75) is 17.9 Å². The molecule has 0 aromatic rings. The highest BCUT2D eigenvalue weighted by Gasteiger charge is 2.32. The number of aliphatic hydroxyl groups is 1. The van der Waals surface area contributed by atoms with Crippen molar-refractivity contribution >= 4 is 11.6 Å². The standard InChI is InChI=1S/C3H5ClO/c4-2-1-3(2)5/h2-3,5H,1H2/t2-,3-/m1/s1. The minimum atomic E-state index is -0.184. The Hall–Kier alpha value is 0.250. The molecule has 30 valence electrons. The Balaban J connectivity index is 2.20. The van der Waals surface area contributed by atoms with Gasteiger partial charge in [-0.2, -0.15) is 0 Å². The number of halogens is 1. The molecule has 1 aliphatic rings. The van der Waals surface area contributed by atoms with E-state index in [1.54, 1.807) is 0 Å². The minimum absolute atomic E-state index is 0.0787. The van der Waals surface area contributed by atoms with Crippen molar-refractivity contribution < 1.29 is 5.11 Å². The molecule has 1 aliphatic carbocycles. The van der Waals surface area contributed by atoms with Gasteiger partial charge in [-0.3, -0.25) is 0 Å². The Labute approximate surface area is 35.6 Å². The summed E-state index contributed by atoms with van der Waals surface area (Å²) >= 11 is 5.29. The summed E-state index contributed by atoms with van der Waals surface area (Å²) in [5, 5.41) is 8.38. The quantitative estimate of drug-likeness (QED) is 0.428. The average molecular weight is 92.5 g/mol. The number of hydrogen-bond donors (Lipinski definition) is 1. The van der Waals surface area contributed by atoms with Gasteiger partial charge in [-0.25, -0.2) is 0 Å². The fourth-order valence-corrected chi connectivity index (χ4v) is 0.335. The van der Waals surface area contributed by atoms with Gasteiger partial charge in [0.25, 0.3) is 0 Å². The third kappa shape index (κ3) is 0.551. The highest BCUT2D eigenvalue weighted by atomic mass is 35.5. The van der Waals surface area contributed by atoms with Crippen molar-refractivity contribution in [3.63, 3.8) is 0 Å².